The van der Waals surface area contributed by atoms with E-state index in [-0.39, 0.29) is 15.7 Å². The van der Waals surface area contributed by atoms with Crippen molar-refractivity contribution >= 4 is 37.0 Å². The summed E-state index contributed by atoms with van der Waals surface area (Å²) in [6, 6.07) is 31.8. The van der Waals surface area contributed by atoms with Gasteiger partial charge in [-0.3, -0.25) is 9.44 Å². The van der Waals surface area contributed by atoms with Crippen molar-refractivity contribution in [3.8, 4) is 12.1 Å². The van der Waals surface area contributed by atoms with Gasteiger partial charge in [0.2, 0.25) is 0 Å². The van der Waals surface area contributed by atoms with Crippen LogP contribution in [0.5, 0.6) is 0 Å². The van der Waals surface area contributed by atoms with E-state index < -0.39 is 20.0 Å². The molecule has 10 heteroatoms. The minimum absolute atomic E-state index is 0.0801. The molecule has 6 rings (SSSR count). The number of allylic oxidation sites excluding steroid dienone is 2. The number of hydrogen-bond donors (Lipinski definition) is 2. The fourth-order valence-electron chi connectivity index (χ4n) is 5.35. The van der Waals surface area contributed by atoms with E-state index in [1.54, 1.807) is 84.9 Å². The predicted molar refractivity (Wildman–Crippen MR) is 171 cm³/mol. The molecule has 1 unspecified atom stereocenters. The van der Waals surface area contributed by atoms with Gasteiger partial charge < -0.3 is 0 Å². The molecule has 44 heavy (non-hydrogen) atoms. The number of sulfonamides is 2. The van der Waals surface area contributed by atoms with E-state index >= 15 is 0 Å². The third-order valence-corrected chi connectivity index (χ3v) is 10.3. The van der Waals surface area contributed by atoms with Gasteiger partial charge in [-0.15, -0.1) is 0 Å². The standard InChI is InChI=1S/C17H16N2O2S.C17H14N2O2S/c2*18-12-14-6-4-5-13-11-15(9-10-17(13)14)19-22(20,21)16-7-2-1-3-8-16/h1-3,7-11,14,19H,4-6H2;1-3,6-11,19H,4-5H2. The molecule has 0 aliphatic heterocycles. The number of nitrogens with zero attached hydrogens (tertiary/aromatic N) is 2. The zero-order valence-electron chi connectivity index (χ0n) is 23.8. The Morgan fingerprint density at radius 2 is 1.25 bits per heavy atom. The summed E-state index contributed by atoms with van der Waals surface area (Å²) in [7, 11) is -7.16. The Balaban J connectivity index is 0.000000175. The number of aryl methyl sites for hydroxylation is 2. The Labute approximate surface area is 258 Å². The highest BCUT2D eigenvalue weighted by atomic mass is 32.2. The number of benzene rings is 4. The summed E-state index contributed by atoms with van der Waals surface area (Å²) < 4.78 is 54.5. The number of fused-ring (bicyclic) bond motifs is 2. The molecule has 0 saturated carbocycles. The topological polar surface area (TPSA) is 140 Å². The molecule has 2 aliphatic rings. The van der Waals surface area contributed by atoms with Crippen LogP contribution >= 0.6 is 0 Å². The molecule has 0 radical (unpaired) electrons. The van der Waals surface area contributed by atoms with Gasteiger partial charge in [0.15, 0.2) is 0 Å². The molecule has 4 aromatic rings. The largest absolute Gasteiger partial charge is 0.280 e. The zero-order chi connectivity index (χ0) is 31.2. The van der Waals surface area contributed by atoms with Crippen molar-refractivity contribution in [2.45, 2.75) is 47.8 Å². The molecular formula is C34H30N4O4S2. The second-order valence-corrected chi connectivity index (χ2v) is 13.8. The molecule has 8 nitrogen and oxygen atoms in total. The molecule has 2 aliphatic carbocycles. The summed E-state index contributed by atoms with van der Waals surface area (Å²) in [5, 5.41) is 18.3. The van der Waals surface area contributed by atoms with Crippen LogP contribution in [0.4, 0.5) is 11.4 Å². The normalized spacial score (nSPS) is 15.5. The fourth-order valence-corrected chi connectivity index (χ4v) is 7.50. The van der Waals surface area contributed by atoms with Crippen LogP contribution in [0, 0.1) is 22.7 Å². The highest BCUT2D eigenvalue weighted by Crippen LogP contribution is 2.33. The molecule has 0 heterocycles. The van der Waals surface area contributed by atoms with Gasteiger partial charge in [-0.1, -0.05) is 54.6 Å². The van der Waals surface area contributed by atoms with Gasteiger partial charge in [0.25, 0.3) is 20.0 Å². The maximum absolute atomic E-state index is 12.3. The monoisotopic (exact) mass is 622 g/mol. The Morgan fingerprint density at radius 3 is 1.82 bits per heavy atom. The molecule has 0 saturated heterocycles. The van der Waals surface area contributed by atoms with Crippen LogP contribution in [0.15, 0.2) is 113 Å². The SMILES string of the molecule is N#CC1=CCCc2cc(NS(=O)(=O)c3ccccc3)ccc21.N#CC1CCCc2cc(NS(=O)(=O)c3ccccc3)ccc21. The lowest BCUT2D eigenvalue weighted by Crippen LogP contribution is -2.14. The van der Waals surface area contributed by atoms with Gasteiger partial charge in [0.1, 0.15) is 0 Å². The number of rotatable bonds is 6. The average molecular weight is 623 g/mol. The van der Waals surface area contributed by atoms with Crippen molar-refractivity contribution in [1.29, 1.82) is 10.5 Å². The first-order valence-corrected chi connectivity index (χ1v) is 17.1. The number of hydrogen-bond acceptors (Lipinski definition) is 6. The van der Waals surface area contributed by atoms with Crippen LogP contribution in [0.3, 0.4) is 0 Å². The molecule has 0 amide bonds. The summed E-state index contributed by atoms with van der Waals surface area (Å²) in [6.45, 7) is 0. The first-order chi connectivity index (χ1) is 21.2. The van der Waals surface area contributed by atoms with E-state index in [2.05, 4.69) is 21.6 Å². The lowest BCUT2D eigenvalue weighted by molar-refractivity contribution is 0.599. The molecule has 4 aromatic carbocycles. The number of nitriles is 2. The second-order valence-electron chi connectivity index (χ2n) is 10.5. The molecule has 0 spiro atoms. The quantitative estimate of drug-likeness (QED) is 0.243. The lowest BCUT2D eigenvalue weighted by Gasteiger charge is -2.21. The third-order valence-electron chi connectivity index (χ3n) is 7.50. The van der Waals surface area contributed by atoms with E-state index in [1.165, 1.54) is 0 Å². The molecule has 0 aromatic heterocycles. The Kier molecular flexibility index (Phi) is 9.15. The Hall–Kier alpha value is -4.90. The van der Waals surface area contributed by atoms with Crippen LogP contribution in [0.2, 0.25) is 0 Å². The van der Waals surface area contributed by atoms with Gasteiger partial charge in [-0.2, -0.15) is 10.5 Å². The third kappa shape index (κ3) is 7.00. The van der Waals surface area contributed by atoms with E-state index in [0.29, 0.717) is 16.9 Å². The minimum atomic E-state index is -3.59. The fraction of sp³-hybridized carbons (Fsp3) is 0.176. The molecule has 222 valence electrons. The summed E-state index contributed by atoms with van der Waals surface area (Å²) in [4.78, 5) is 0.466. The first-order valence-electron chi connectivity index (χ1n) is 14.1. The highest BCUT2D eigenvalue weighted by Gasteiger charge is 2.21. The van der Waals surface area contributed by atoms with Crippen LogP contribution in [-0.2, 0) is 32.9 Å². The van der Waals surface area contributed by atoms with Gasteiger partial charge in [-0.25, -0.2) is 16.8 Å². The molecule has 0 fully saturated rings. The smallest absolute Gasteiger partial charge is 0.261 e. The van der Waals surface area contributed by atoms with Crippen molar-refractivity contribution < 1.29 is 16.8 Å². The van der Waals surface area contributed by atoms with Gasteiger partial charge >= 0.3 is 0 Å². The summed E-state index contributed by atoms with van der Waals surface area (Å²) >= 11 is 0. The number of nitrogens with one attached hydrogen (secondary N) is 2. The minimum Gasteiger partial charge on any atom is -0.280 e. The zero-order valence-corrected chi connectivity index (χ0v) is 25.4. The van der Waals surface area contributed by atoms with E-state index in [0.717, 1.165) is 54.4 Å². The predicted octanol–water partition coefficient (Wildman–Crippen LogP) is 6.77. The van der Waals surface area contributed by atoms with Crippen LogP contribution in [-0.4, -0.2) is 16.8 Å². The lowest BCUT2D eigenvalue weighted by atomic mass is 9.83. The summed E-state index contributed by atoms with van der Waals surface area (Å²) in [6.07, 6.45) is 6.23. The van der Waals surface area contributed by atoms with E-state index in [1.807, 2.05) is 18.2 Å². The van der Waals surface area contributed by atoms with Gasteiger partial charge in [-0.05, 0) is 103 Å². The van der Waals surface area contributed by atoms with Crippen LogP contribution in [0.25, 0.3) is 5.57 Å². The van der Waals surface area contributed by atoms with Crippen molar-refractivity contribution in [1.82, 2.24) is 0 Å². The first kappa shape index (κ1) is 30.6. The van der Waals surface area contributed by atoms with Crippen molar-refractivity contribution in [2.24, 2.45) is 0 Å². The van der Waals surface area contributed by atoms with Crippen molar-refractivity contribution in [3.05, 3.63) is 125 Å². The maximum atomic E-state index is 12.3. The second kappa shape index (κ2) is 13.2. The Bertz CT molecular complexity index is 2000. The van der Waals surface area contributed by atoms with Crippen LogP contribution in [0.1, 0.15) is 47.4 Å². The van der Waals surface area contributed by atoms with Crippen LogP contribution < -0.4 is 9.44 Å². The average Bonchev–Trinajstić information content (AvgIpc) is 3.04. The van der Waals surface area contributed by atoms with E-state index in [4.69, 9.17) is 5.26 Å². The molecular weight excluding hydrogens is 593 g/mol. The molecule has 2 N–H and O–H groups in total. The maximum Gasteiger partial charge on any atom is 0.261 e. The Morgan fingerprint density at radius 1 is 0.682 bits per heavy atom. The van der Waals surface area contributed by atoms with Crippen molar-refractivity contribution in [3.63, 3.8) is 0 Å². The highest BCUT2D eigenvalue weighted by molar-refractivity contribution is 7.93. The van der Waals surface area contributed by atoms with Crippen molar-refractivity contribution in [2.75, 3.05) is 9.44 Å². The number of anilines is 2. The van der Waals surface area contributed by atoms with E-state index in [9.17, 15) is 22.1 Å². The summed E-state index contributed by atoms with van der Waals surface area (Å²) in [5.74, 6) is -0.0801. The molecule has 1 atom stereocenters. The van der Waals surface area contributed by atoms with Gasteiger partial charge in [0, 0.05) is 11.4 Å². The molecule has 0 bridgehead atoms. The van der Waals surface area contributed by atoms with Gasteiger partial charge in [0.05, 0.1) is 33.4 Å². The summed E-state index contributed by atoms with van der Waals surface area (Å²) in [5.41, 5.74) is 5.67.